The molecule has 7 nitrogen and oxygen atoms in total. The van der Waals surface area contributed by atoms with Gasteiger partial charge in [-0.05, 0) is 12.1 Å². The first-order valence-corrected chi connectivity index (χ1v) is 6.84. The Kier molecular flexibility index (Phi) is 4.69. The third kappa shape index (κ3) is 3.43. The predicted octanol–water partition coefficient (Wildman–Crippen LogP) is 1.49. The molecule has 130 valence electrons. The zero-order valence-electron chi connectivity index (χ0n) is 12.7. The summed E-state index contributed by atoms with van der Waals surface area (Å²) in [6, 6.07) is 3.28. The molecule has 0 unspecified atom stereocenters. The summed E-state index contributed by atoms with van der Waals surface area (Å²) in [5, 5.41) is 7.05. The number of nitrogens with two attached hydrogens (primary N) is 2. The highest BCUT2D eigenvalue weighted by Gasteiger charge is 2.34. The summed E-state index contributed by atoms with van der Waals surface area (Å²) < 4.78 is 45.0. The molecule has 1 aromatic carbocycles. The van der Waals surface area contributed by atoms with E-state index in [-0.39, 0.29) is 35.5 Å². The maximum absolute atomic E-state index is 13.3. The van der Waals surface area contributed by atoms with E-state index in [1.54, 1.807) is 0 Å². The number of H-pyrrole nitrogens is 1. The molecule has 1 aromatic heterocycles. The average Bonchev–Trinajstić information content (AvgIpc) is 2.93. The van der Waals surface area contributed by atoms with Crippen LogP contribution in [0.15, 0.2) is 18.2 Å². The van der Waals surface area contributed by atoms with E-state index in [9.17, 15) is 18.0 Å². The van der Waals surface area contributed by atoms with E-state index in [0.29, 0.717) is 0 Å². The normalized spacial score (nSPS) is 11.5. The highest BCUT2D eigenvalue weighted by Crippen LogP contribution is 2.38. The highest BCUT2D eigenvalue weighted by atomic mass is 19.4. The fraction of sp³-hybridized carbons (Fsp3) is 0.286. The first kappa shape index (κ1) is 17.6. The number of benzene rings is 1. The van der Waals surface area contributed by atoms with Crippen LogP contribution in [-0.2, 0) is 6.18 Å². The minimum absolute atomic E-state index is 0.0129. The van der Waals surface area contributed by atoms with Gasteiger partial charge < -0.3 is 21.2 Å². The topological polar surface area (TPSA) is 121 Å². The second-order valence-electron chi connectivity index (χ2n) is 5.00. The Hall–Kier alpha value is -2.75. The number of carbonyl (C=O) groups excluding carboxylic acids is 1. The monoisotopic (exact) mass is 343 g/mol. The van der Waals surface area contributed by atoms with Crippen molar-refractivity contribution in [3.63, 3.8) is 0 Å². The van der Waals surface area contributed by atoms with Gasteiger partial charge in [-0.2, -0.15) is 13.2 Å². The van der Waals surface area contributed by atoms with Gasteiger partial charge in [0, 0.05) is 25.0 Å². The van der Waals surface area contributed by atoms with Crippen molar-refractivity contribution in [2.24, 2.45) is 11.5 Å². The van der Waals surface area contributed by atoms with Crippen LogP contribution in [0.1, 0.15) is 16.1 Å². The molecule has 0 saturated heterocycles. The van der Waals surface area contributed by atoms with Gasteiger partial charge in [0.05, 0.1) is 11.1 Å². The van der Waals surface area contributed by atoms with E-state index in [1.807, 2.05) is 0 Å². The Balaban J connectivity index is 2.57. The minimum Gasteiger partial charge on any atom is -0.492 e. The lowest BCUT2D eigenvalue weighted by Gasteiger charge is -2.12. The van der Waals surface area contributed by atoms with E-state index in [2.05, 4.69) is 4.98 Å². The molecule has 2 aromatic rings. The van der Waals surface area contributed by atoms with E-state index in [0.717, 1.165) is 17.0 Å². The number of carbonyl (C=O) groups is 1. The molecular formula is C14H16F3N5O2. The van der Waals surface area contributed by atoms with Crippen LogP contribution in [0.2, 0.25) is 0 Å². The van der Waals surface area contributed by atoms with Crippen LogP contribution in [-0.4, -0.2) is 41.9 Å². The van der Waals surface area contributed by atoms with Crippen molar-refractivity contribution in [1.29, 1.82) is 5.41 Å². The SMILES string of the molecule is CN(C(=N)N)C(=O)c1cc2c(C(F)(F)F)cc(OCCN)cc2[nH]1. The number of guanidine groups is 1. The standard InChI is InChI=1S/C14H16F3N5O2/c1-22(13(19)20)12(23)11-6-8-9(14(15,16)17)4-7(24-3-2-18)5-10(8)21-11/h4-6,21H,2-3,18H2,1H3,(H3,19,20). The third-order valence-electron chi connectivity index (χ3n) is 3.30. The number of rotatable bonds is 4. The van der Waals surface area contributed by atoms with Crippen molar-refractivity contribution in [2.45, 2.75) is 6.18 Å². The van der Waals surface area contributed by atoms with Crippen LogP contribution in [0.4, 0.5) is 13.2 Å². The lowest BCUT2D eigenvalue weighted by atomic mass is 10.1. The molecule has 0 saturated carbocycles. The van der Waals surface area contributed by atoms with Crippen LogP contribution < -0.4 is 16.2 Å². The summed E-state index contributed by atoms with van der Waals surface area (Å²) in [6.45, 7) is 0.208. The quantitative estimate of drug-likeness (QED) is 0.496. The Morgan fingerprint density at radius 2 is 2.04 bits per heavy atom. The van der Waals surface area contributed by atoms with Crippen LogP contribution in [0.3, 0.4) is 0 Å². The predicted molar refractivity (Wildman–Crippen MR) is 81.9 cm³/mol. The molecule has 0 aliphatic heterocycles. The minimum atomic E-state index is -4.63. The number of fused-ring (bicyclic) bond motifs is 1. The number of nitrogens with zero attached hydrogens (tertiary/aromatic N) is 1. The maximum atomic E-state index is 13.3. The summed E-state index contributed by atoms with van der Waals surface area (Å²) in [5.74, 6) is -1.26. The summed E-state index contributed by atoms with van der Waals surface area (Å²) in [6.07, 6.45) is -4.63. The van der Waals surface area contributed by atoms with Gasteiger partial charge in [-0.25, -0.2) is 0 Å². The van der Waals surface area contributed by atoms with Crippen molar-refractivity contribution in [1.82, 2.24) is 9.88 Å². The molecule has 6 N–H and O–H groups in total. The fourth-order valence-corrected chi connectivity index (χ4v) is 2.11. The summed E-state index contributed by atoms with van der Waals surface area (Å²) in [7, 11) is 1.25. The van der Waals surface area contributed by atoms with Gasteiger partial charge in [-0.3, -0.25) is 15.1 Å². The number of aromatic amines is 1. The van der Waals surface area contributed by atoms with Gasteiger partial charge in [0.1, 0.15) is 18.1 Å². The van der Waals surface area contributed by atoms with Crippen LogP contribution >= 0.6 is 0 Å². The Morgan fingerprint density at radius 1 is 1.38 bits per heavy atom. The molecule has 1 heterocycles. The van der Waals surface area contributed by atoms with Gasteiger partial charge >= 0.3 is 6.18 Å². The molecule has 0 atom stereocenters. The first-order chi connectivity index (χ1) is 11.1. The summed E-state index contributed by atoms with van der Waals surface area (Å²) >= 11 is 0. The average molecular weight is 343 g/mol. The second-order valence-corrected chi connectivity index (χ2v) is 5.00. The van der Waals surface area contributed by atoms with Crippen molar-refractivity contribution >= 4 is 22.8 Å². The second kappa shape index (κ2) is 6.40. The molecule has 24 heavy (non-hydrogen) atoms. The molecule has 0 bridgehead atoms. The largest absolute Gasteiger partial charge is 0.492 e. The third-order valence-corrected chi connectivity index (χ3v) is 3.30. The molecule has 0 fully saturated rings. The van der Waals surface area contributed by atoms with Crippen molar-refractivity contribution in [3.8, 4) is 5.75 Å². The number of halogens is 3. The smallest absolute Gasteiger partial charge is 0.417 e. The van der Waals surface area contributed by atoms with E-state index < -0.39 is 23.6 Å². The lowest BCUT2D eigenvalue weighted by Crippen LogP contribution is -2.38. The van der Waals surface area contributed by atoms with Gasteiger partial charge in [-0.15, -0.1) is 0 Å². The van der Waals surface area contributed by atoms with E-state index in [1.165, 1.54) is 13.1 Å². The summed E-state index contributed by atoms with van der Waals surface area (Å²) in [5.41, 5.74) is 9.51. The number of amides is 1. The lowest BCUT2D eigenvalue weighted by molar-refractivity contribution is -0.136. The number of aromatic nitrogens is 1. The Labute approximate surface area is 134 Å². The number of alkyl halides is 3. The molecule has 10 heteroatoms. The number of nitrogens with one attached hydrogen (secondary N) is 2. The van der Waals surface area contributed by atoms with Crippen LogP contribution in [0.5, 0.6) is 5.75 Å². The van der Waals surface area contributed by atoms with Crippen molar-refractivity contribution in [2.75, 3.05) is 20.2 Å². The maximum Gasteiger partial charge on any atom is 0.417 e. The zero-order chi connectivity index (χ0) is 18.1. The molecule has 2 rings (SSSR count). The van der Waals surface area contributed by atoms with Gasteiger partial charge in [0.15, 0.2) is 5.96 Å². The number of hydrogen-bond acceptors (Lipinski definition) is 4. The van der Waals surface area contributed by atoms with Crippen molar-refractivity contribution < 1.29 is 22.7 Å². The van der Waals surface area contributed by atoms with Crippen molar-refractivity contribution in [3.05, 3.63) is 29.5 Å². The molecule has 0 spiro atoms. The molecular weight excluding hydrogens is 327 g/mol. The molecule has 1 amide bonds. The van der Waals surface area contributed by atoms with Gasteiger partial charge in [-0.1, -0.05) is 0 Å². The van der Waals surface area contributed by atoms with Crippen LogP contribution in [0.25, 0.3) is 10.9 Å². The fourth-order valence-electron chi connectivity index (χ4n) is 2.11. The Morgan fingerprint density at radius 3 is 2.58 bits per heavy atom. The number of ether oxygens (including phenoxy) is 1. The highest BCUT2D eigenvalue weighted by molar-refractivity contribution is 6.06. The Bertz CT molecular complexity index is 785. The summed E-state index contributed by atoms with van der Waals surface area (Å²) in [4.78, 5) is 15.5. The number of hydrogen-bond donors (Lipinski definition) is 4. The molecule has 0 radical (unpaired) electrons. The van der Waals surface area contributed by atoms with Crippen LogP contribution in [0, 0.1) is 5.41 Å². The van der Waals surface area contributed by atoms with E-state index >= 15 is 0 Å². The molecule has 0 aliphatic carbocycles. The molecule has 0 aliphatic rings. The van der Waals surface area contributed by atoms with E-state index in [4.69, 9.17) is 21.6 Å². The van der Waals surface area contributed by atoms with Gasteiger partial charge in [0.2, 0.25) is 0 Å². The first-order valence-electron chi connectivity index (χ1n) is 6.84. The zero-order valence-corrected chi connectivity index (χ0v) is 12.7. The van der Waals surface area contributed by atoms with Gasteiger partial charge in [0.25, 0.3) is 5.91 Å².